The van der Waals surface area contributed by atoms with Crippen molar-refractivity contribution in [2.24, 2.45) is 181 Å². The quantitative estimate of drug-likeness (QED) is 0.0306. The van der Waals surface area contributed by atoms with Crippen LogP contribution in [0.5, 0.6) is 0 Å². The number of allylic oxidation sites excluding steroid dienone is 13. The Labute approximate surface area is 905 Å². The maximum absolute atomic E-state index is 12.8. The van der Waals surface area contributed by atoms with Crippen molar-refractivity contribution in [3.05, 3.63) is 93.2 Å². The molecule has 12 saturated carbocycles. The van der Waals surface area contributed by atoms with Crippen molar-refractivity contribution in [3.63, 3.8) is 0 Å². The number of aldehydes is 1. The molecule has 0 aromatic rings. The summed E-state index contributed by atoms with van der Waals surface area (Å²) in [4.78, 5) is 72.2. The van der Waals surface area contributed by atoms with E-state index in [1.165, 1.54) is 142 Å². The maximum Gasteiger partial charge on any atom is 1.00 e. The Morgan fingerprint density at radius 3 is 0.993 bits per heavy atom. The van der Waals surface area contributed by atoms with Gasteiger partial charge in [-0.05, 0) is 437 Å². The van der Waals surface area contributed by atoms with Gasteiger partial charge in [0.25, 0.3) is 0 Å². The second-order valence-corrected chi connectivity index (χ2v) is 55.7. The average molecular weight is 2010 g/mol. The van der Waals surface area contributed by atoms with Crippen LogP contribution in [0.15, 0.2) is 93.2 Å². The van der Waals surface area contributed by atoms with E-state index < -0.39 is 5.97 Å². The summed E-state index contributed by atoms with van der Waals surface area (Å²) in [5.74, 6) is 10.7. The van der Waals surface area contributed by atoms with Crippen molar-refractivity contribution in [2.45, 2.75) is 465 Å². The molecule has 14 heteroatoms. The molecule has 1 heterocycles. The van der Waals surface area contributed by atoms with Crippen molar-refractivity contribution in [2.75, 3.05) is 40.1 Å². The molecule has 0 amide bonds. The summed E-state index contributed by atoms with van der Waals surface area (Å²) in [5.41, 5.74) is 13.3. The van der Waals surface area contributed by atoms with Crippen LogP contribution in [0.1, 0.15) is 461 Å². The molecule has 1 aliphatic heterocycles. The summed E-state index contributed by atoms with van der Waals surface area (Å²) in [5, 5.41) is 29.3. The van der Waals surface area contributed by atoms with Gasteiger partial charge in [-0.3, -0.25) is 19.2 Å². The maximum atomic E-state index is 12.8. The molecule has 144 heavy (non-hydrogen) atoms. The molecule has 16 aliphatic carbocycles. The van der Waals surface area contributed by atoms with Crippen LogP contribution in [-0.2, 0) is 43.0 Å². The second-order valence-electron chi connectivity index (χ2n) is 55.7. The minimum Gasteiger partial charge on any atom is -1.00 e. The van der Waals surface area contributed by atoms with Gasteiger partial charge in [-0.15, -0.1) is 0 Å². The Balaban J connectivity index is 0.000000226. The van der Waals surface area contributed by atoms with Crippen molar-refractivity contribution < 1.29 is 78.6 Å². The van der Waals surface area contributed by atoms with Crippen LogP contribution in [0.2, 0.25) is 0 Å². The van der Waals surface area contributed by atoms with E-state index in [-0.39, 0.29) is 112 Å². The predicted octanol–water partition coefficient (Wildman–Crippen LogP) is 28.7. The molecule has 29 atom stereocenters. The minimum atomic E-state index is -0.801. The number of hydrogen-bond acceptors (Lipinski definition) is 11. The Bertz CT molecular complexity index is 4730. The molecule has 812 valence electrons. The number of Topliss-reactive ketones (excluding diaryl/α,β-unsaturated/α-hetero) is 3. The Morgan fingerprint density at radius 2 is 0.722 bits per heavy atom. The van der Waals surface area contributed by atoms with Crippen molar-refractivity contribution in [1.29, 1.82) is 0 Å². The van der Waals surface area contributed by atoms with Crippen molar-refractivity contribution >= 4 is 52.9 Å². The van der Waals surface area contributed by atoms with Crippen LogP contribution in [-0.4, -0.2) is 115 Å². The molecule has 0 aromatic carbocycles. The standard InChI is InChI=1S/C31H48O3.C30H46O3.C30H50O2.C30H46O2.C4H8O.C4H10O.CH4.Al.Li.4H/c1-20(10-9-11-21(2)27(33)34-8)22-14-18-31(7)24-12-13-25-28(3,4)26(32)16-17-29(25,5)23(24)15-19-30(22,31)6;1-19(9-8-10-20(2)26(32)33)21-13-17-30(7)23-11-12-24-27(3,4)25(31)15-16-28(24,5)22(23)14-18-29(21,30)6;2*1-20(19-31)9-8-10-21(2)22-13-17-30(7)24-11-12-25-27(3,4)26(32)15-16-28(25,5)23(24)14-18-29(22,30)6;1-2-4-5-3-1;1-3-5-4-2;;;;;;;/h11-12,20,22-23,25H,9-10,13-19H2,1-8H3;10-11,19,21-22,24H,8-9,12-18H2,1-7H3,(H,32,33);9,11,21-23,25-26,31-32H,8,10,12-19H2,1-7H3;9,11,19,21-23,25H,8,10,12-18H2,1-7H3;1-4H2;3-4H2,1-2H3;1H4;;;;;;/q;;;;;;;;+1;;;;-1/b21-11-;20-10-;2*20-9-;;;;;;;;;/t20?,22-,23?,25?,29+,30-,31+;19?,21-,22?,24?,28+,29-,30+;21?,22-,23?,25?,26?,28+,29-,30+;21?,22-,23?,25?,28+,29-,30+;;;;;;;;;/m0000........./s1. The van der Waals surface area contributed by atoms with E-state index in [4.69, 9.17) is 19.3 Å². The zero-order valence-electron chi connectivity index (χ0n) is 97.9. The molecule has 13 fully saturated rings. The summed E-state index contributed by atoms with van der Waals surface area (Å²) in [6, 6.07) is 0. The number of carboxylic acid groups (broad SMARTS) is 1. The third-order valence-electron chi connectivity index (χ3n) is 48.4. The molecule has 0 bridgehead atoms. The van der Waals surface area contributed by atoms with E-state index in [9.17, 15) is 39.0 Å². The van der Waals surface area contributed by atoms with E-state index in [1.807, 2.05) is 46.3 Å². The molecule has 0 radical (unpaired) electrons. The topological polar surface area (TPSA) is 191 Å². The fraction of sp³-hybridized carbons (Fsp3) is 0.831. The number of ether oxygens (including phenoxy) is 3. The molecule has 0 spiro atoms. The fourth-order valence-electron chi connectivity index (χ4n) is 38.3. The normalized spacial score (nSPS) is 41.2. The first-order valence-electron chi connectivity index (χ1n) is 58.2. The zero-order chi connectivity index (χ0) is 104. The first-order chi connectivity index (χ1) is 65.9. The molecule has 17 aliphatic rings. The molecule has 1 saturated heterocycles. The van der Waals surface area contributed by atoms with E-state index in [0.29, 0.717) is 132 Å². The van der Waals surface area contributed by atoms with E-state index >= 15 is 0 Å². The van der Waals surface area contributed by atoms with Gasteiger partial charge in [-0.2, -0.15) is 0 Å². The molecule has 12 nitrogen and oxygen atoms in total. The molecule has 0 aromatic heterocycles. The number of carboxylic acids is 1. The van der Waals surface area contributed by atoms with Crippen LogP contribution in [0, 0.1) is 181 Å². The van der Waals surface area contributed by atoms with Gasteiger partial charge < -0.3 is 31.0 Å². The second kappa shape index (κ2) is 47.4. The third-order valence-corrected chi connectivity index (χ3v) is 48.4. The first-order valence-corrected chi connectivity index (χ1v) is 58.2. The van der Waals surface area contributed by atoms with Crippen LogP contribution in [0.4, 0.5) is 0 Å². The summed E-state index contributed by atoms with van der Waals surface area (Å²) in [6.45, 7) is 74.0. The van der Waals surface area contributed by atoms with Crippen molar-refractivity contribution in [3.8, 4) is 0 Å². The van der Waals surface area contributed by atoms with Gasteiger partial charge in [0.1, 0.15) is 23.6 Å². The smallest absolute Gasteiger partial charge is 1.00 e. The van der Waals surface area contributed by atoms with Gasteiger partial charge in [0, 0.05) is 73.1 Å². The summed E-state index contributed by atoms with van der Waals surface area (Å²) in [6.07, 6.45) is 63.7. The SMILES string of the molecule is C.C/C(=C/CCC(C)[C@@H]1CC[C@]2(C)C3=CCC4C(C)(C)C(=O)CC[C@]4(C)C3CC[C@@]12C)C(=O)O.C/C(=C/CCC(C)[C@@H]1CC[C@]2(C)C3=CCC4C(C)(C)C(O)CC[C@]4(C)C3CC[C@@]12C)CO.C/C(C=O)=C/CCC(C)[C@@H]1CC[C@]2(C)C3=CCC4C(C)(C)C(=O)CC[C@]4(C)C3CC[C@@]12C.C1CCOC1.CCOCC.COC(=O)/C(C)=C\CCC(C)[C@@H]1CC[C@]2(C)C3=CCC4C(C)(C)C(=O)CC[C@]4(C)C3CC[C@@]12C.[AlH3].[H-].[Li+]. The Kier molecular flexibility index (Phi) is 40.9. The zero-order valence-corrected chi connectivity index (χ0v) is 96.9. The van der Waals surface area contributed by atoms with Gasteiger partial charge in [0.05, 0.1) is 19.8 Å². The van der Waals surface area contributed by atoms with Crippen LogP contribution in [0.3, 0.4) is 0 Å². The number of aliphatic hydroxyl groups is 2. The fourth-order valence-corrected chi connectivity index (χ4v) is 38.3. The summed E-state index contributed by atoms with van der Waals surface area (Å²) >= 11 is 0. The molecule has 3 N–H and O–H groups in total. The first kappa shape index (κ1) is 124. The number of esters is 1. The average Bonchev–Trinajstić information content (AvgIpc) is 1.62. The number of aliphatic carboxylic acids is 1. The molecule has 17 rings (SSSR count). The monoisotopic (exact) mass is 2000 g/mol. The number of hydrogen-bond donors (Lipinski definition) is 3. The van der Waals surface area contributed by atoms with Gasteiger partial charge >= 0.3 is 30.8 Å². The predicted molar refractivity (Wildman–Crippen MR) is 598 cm³/mol. The number of methoxy groups -OCH3 is 1. The van der Waals surface area contributed by atoms with E-state index in [0.717, 1.165) is 182 Å². The number of rotatable bonds is 22. The summed E-state index contributed by atoms with van der Waals surface area (Å²) in [7, 11) is 1.45. The Hall–Kier alpha value is -3.49. The van der Waals surface area contributed by atoms with Crippen LogP contribution >= 0.6 is 0 Å². The van der Waals surface area contributed by atoms with Gasteiger partial charge in [0.15, 0.2) is 17.4 Å². The van der Waals surface area contributed by atoms with Crippen LogP contribution in [0.25, 0.3) is 0 Å². The number of ketones is 3. The Morgan fingerprint density at radius 1 is 0.431 bits per heavy atom. The summed E-state index contributed by atoms with van der Waals surface area (Å²) < 4.78 is 14.6. The number of carbonyl (C=O) groups is 6. The minimum absolute atomic E-state index is 0. The molecular weight excluding hydrogens is 1790 g/mol. The number of carbonyl (C=O) groups excluding carboxylic acids is 5. The van der Waals surface area contributed by atoms with Gasteiger partial charge in [0.2, 0.25) is 0 Å². The third kappa shape index (κ3) is 21.9. The largest absolute Gasteiger partial charge is 1.00 e. The van der Waals surface area contributed by atoms with Gasteiger partial charge in [-0.25, -0.2) is 9.59 Å². The van der Waals surface area contributed by atoms with Gasteiger partial charge in [-0.1, -0.05) is 250 Å². The van der Waals surface area contributed by atoms with Crippen molar-refractivity contribution in [1.82, 2.24) is 0 Å². The molecule has 13 unspecified atom stereocenters. The molecular formula is C130H216AlLiO12. The number of fused-ring (bicyclic) bond motifs is 20. The van der Waals surface area contributed by atoms with E-state index in [2.05, 4.69) is 209 Å². The number of aliphatic hydroxyl groups excluding tert-OH is 2. The van der Waals surface area contributed by atoms with E-state index in [1.54, 1.807) is 23.6 Å². The van der Waals surface area contributed by atoms with Crippen LogP contribution < -0.4 is 18.9 Å².